The minimum absolute atomic E-state index is 0.105. The minimum Gasteiger partial charge on any atom is -0.375 e. The quantitative estimate of drug-likeness (QED) is 0.892. The van der Waals surface area contributed by atoms with Crippen LogP contribution < -0.4 is 11.0 Å². The fourth-order valence-corrected chi connectivity index (χ4v) is 2.60. The van der Waals surface area contributed by atoms with Crippen LogP contribution in [0.1, 0.15) is 10.4 Å². The van der Waals surface area contributed by atoms with Gasteiger partial charge in [0.05, 0.1) is 5.39 Å². The second kappa shape index (κ2) is 4.87. The third-order valence-corrected chi connectivity index (χ3v) is 3.73. The highest BCUT2D eigenvalue weighted by molar-refractivity contribution is 7.18. The number of aromatic nitrogens is 2. The number of nitrogens with one attached hydrogen (secondary N) is 1. The number of hydrogen-bond acceptors (Lipinski definition) is 5. The van der Waals surface area contributed by atoms with E-state index in [0.29, 0.717) is 10.2 Å². The summed E-state index contributed by atoms with van der Waals surface area (Å²) in [5.74, 6) is -0.398. The van der Waals surface area contributed by atoms with E-state index in [2.05, 4.69) is 15.1 Å². The number of carbonyl (C=O) groups excluding carboxylic acids is 1. The van der Waals surface area contributed by atoms with E-state index >= 15 is 0 Å². The molecule has 18 heavy (non-hydrogen) atoms. The number of fused-ring (bicyclic) bond motifs is 1. The number of hydrogen-bond donors (Lipinski definition) is 1. The molecule has 0 saturated heterocycles. The van der Waals surface area contributed by atoms with Gasteiger partial charge in [-0.15, -0.1) is 11.3 Å². The molecule has 0 atom stereocenters. The van der Waals surface area contributed by atoms with Gasteiger partial charge < -0.3 is 4.74 Å². The van der Waals surface area contributed by atoms with Crippen molar-refractivity contribution in [2.45, 2.75) is 13.8 Å². The maximum absolute atomic E-state index is 12.2. The normalized spacial score (nSPS) is 10.8. The van der Waals surface area contributed by atoms with Crippen molar-refractivity contribution < 1.29 is 9.53 Å². The van der Waals surface area contributed by atoms with Gasteiger partial charge in [0.25, 0.3) is 11.5 Å². The summed E-state index contributed by atoms with van der Waals surface area (Å²) in [4.78, 5) is 29.4. The van der Waals surface area contributed by atoms with E-state index in [-0.39, 0.29) is 12.2 Å². The number of rotatable bonds is 3. The summed E-state index contributed by atoms with van der Waals surface area (Å²) in [6.07, 6.45) is 1.31. The molecule has 0 aliphatic heterocycles. The number of thiophene rings is 1. The zero-order chi connectivity index (χ0) is 13.3. The van der Waals surface area contributed by atoms with Crippen molar-refractivity contribution in [2.75, 3.05) is 19.1 Å². The summed E-state index contributed by atoms with van der Waals surface area (Å²) in [6, 6.07) is 0. The van der Waals surface area contributed by atoms with E-state index in [1.54, 1.807) is 0 Å². The van der Waals surface area contributed by atoms with Crippen LogP contribution in [0.25, 0.3) is 10.2 Å². The molecular weight excluding hydrogens is 254 g/mol. The molecule has 0 fully saturated rings. The van der Waals surface area contributed by atoms with Crippen LogP contribution >= 0.6 is 11.3 Å². The summed E-state index contributed by atoms with van der Waals surface area (Å²) in [7, 11) is 1.41. The Kier molecular flexibility index (Phi) is 3.44. The largest absolute Gasteiger partial charge is 0.375 e. The van der Waals surface area contributed by atoms with E-state index in [9.17, 15) is 9.59 Å². The third kappa shape index (κ3) is 2.14. The second-order valence-corrected chi connectivity index (χ2v) is 5.05. The van der Waals surface area contributed by atoms with E-state index in [0.717, 1.165) is 15.1 Å². The monoisotopic (exact) mass is 267 g/mol. The maximum Gasteiger partial charge on any atom is 0.281 e. The summed E-state index contributed by atoms with van der Waals surface area (Å²) in [5, 5.41) is 0.553. The van der Waals surface area contributed by atoms with Crippen molar-refractivity contribution in [3.05, 3.63) is 27.1 Å². The SMILES string of the molecule is COCC(=O)Nn1cnc2sc(C)c(C)c2c1=O. The smallest absolute Gasteiger partial charge is 0.281 e. The maximum atomic E-state index is 12.2. The van der Waals surface area contributed by atoms with Gasteiger partial charge in [-0.2, -0.15) is 0 Å². The number of ether oxygens (including phenoxy) is 1. The van der Waals surface area contributed by atoms with Crippen molar-refractivity contribution in [2.24, 2.45) is 0 Å². The molecule has 2 aromatic heterocycles. The van der Waals surface area contributed by atoms with Gasteiger partial charge in [0.2, 0.25) is 0 Å². The predicted molar refractivity (Wildman–Crippen MR) is 69.6 cm³/mol. The van der Waals surface area contributed by atoms with Crippen LogP contribution in [0.5, 0.6) is 0 Å². The first kappa shape index (κ1) is 12.7. The number of amides is 1. The van der Waals surface area contributed by atoms with Crippen LogP contribution in [-0.2, 0) is 9.53 Å². The lowest BCUT2D eigenvalue weighted by Crippen LogP contribution is -2.34. The highest BCUT2D eigenvalue weighted by Crippen LogP contribution is 2.25. The fourth-order valence-electron chi connectivity index (χ4n) is 1.61. The fraction of sp³-hybridized carbons (Fsp3) is 0.364. The Bertz CT molecular complexity index is 659. The first-order valence-corrected chi connectivity index (χ1v) is 6.12. The molecule has 2 aromatic rings. The van der Waals surface area contributed by atoms with Gasteiger partial charge in [0.15, 0.2) is 0 Å². The molecule has 7 heteroatoms. The Hall–Kier alpha value is -1.73. The molecule has 0 radical (unpaired) electrons. The molecule has 0 aromatic carbocycles. The number of methoxy groups -OCH3 is 1. The zero-order valence-corrected chi connectivity index (χ0v) is 11.1. The van der Waals surface area contributed by atoms with E-state index in [4.69, 9.17) is 0 Å². The molecule has 0 aliphatic rings. The lowest BCUT2D eigenvalue weighted by molar-refractivity contribution is -0.120. The van der Waals surface area contributed by atoms with Crippen molar-refractivity contribution in [1.29, 1.82) is 0 Å². The van der Waals surface area contributed by atoms with Gasteiger partial charge in [0, 0.05) is 12.0 Å². The Balaban J connectivity index is 2.48. The molecule has 6 nitrogen and oxygen atoms in total. The molecule has 0 saturated carbocycles. The Labute approximate surface area is 107 Å². The molecule has 1 amide bonds. The summed E-state index contributed by atoms with van der Waals surface area (Å²) >= 11 is 1.47. The third-order valence-electron chi connectivity index (χ3n) is 2.61. The highest BCUT2D eigenvalue weighted by Gasteiger charge is 2.12. The van der Waals surface area contributed by atoms with Gasteiger partial charge in [0.1, 0.15) is 17.8 Å². The van der Waals surface area contributed by atoms with E-state index in [1.807, 2.05) is 13.8 Å². The van der Waals surface area contributed by atoms with Crippen LogP contribution in [0.3, 0.4) is 0 Å². The van der Waals surface area contributed by atoms with Crippen molar-refractivity contribution in [3.63, 3.8) is 0 Å². The van der Waals surface area contributed by atoms with Crippen LogP contribution in [0.2, 0.25) is 0 Å². The average Bonchev–Trinajstić information content (AvgIpc) is 2.60. The van der Waals surface area contributed by atoms with Gasteiger partial charge >= 0.3 is 0 Å². The molecule has 0 bridgehead atoms. The van der Waals surface area contributed by atoms with Crippen LogP contribution in [0.4, 0.5) is 0 Å². The topological polar surface area (TPSA) is 73.2 Å². The standard InChI is InChI=1S/C11H13N3O3S/c1-6-7(2)18-10-9(6)11(16)14(5-12-10)13-8(15)4-17-3/h5H,4H2,1-3H3,(H,13,15). The number of aryl methyl sites for hydroxylation is 2. The minimum atomic E-state index is -0.398. The van der Waals surface area contributed by atoms with Gasteiger partial charge in [-0.3, -0.25) is 15.0 Å². The van der Waals surface area contributed by atoms with Crippen LogP contribution in [0, 0.1) is 13.8 Å². The molecule has 0 unspecified atom stereocenters. The van der Waals surface area contributed by atoms with Gasteiger partial charge in [-0.05, 0) is 19.4 Å². The zero-order valence-electron chi connectivity index (χ0n) is 10.3. The lowest BCUT2D eigenvalue weighted by atomic mass is 10.2. The summed E-state index contributed by atoms with van der Waals surface area (Å²) < 4.78 is 5.77. The molecule has 2 heterocycles. The van der Waals surface area contributed by atoms with Crippen molar-refractivity contribution >= 4 is 27.5 Å². The molecular formula is C11H13N3O3S. The Morgan fingerprint density at radius 3 is 2.94 bits per heavy atom. The molecule has 96 valence electrons. The predicted octanol–water partition coefficient (Wildman–Crippen LogP) is 0.791. The van der Waals surface area contributed by atoms with E-state index in [1.165, 1.54) is 24.8 Å². The van der Waals surface area contributed by atoms with Crippen molar-refractivity contribution in [1.82, 2.24) is 9.66 Å². The molecule has 0 spiro atoms. The van der Waals surface area contributed by atoms with E-state index < -0.39 is 5.91 Å². The number of carbonyl (C=O) groups is 1. The Morgan fingerprint density at radius 2 is 2.28 bits per heavy atom. The first-order valence-electron chi connectivity index (χ1n) is 5.30. The van der Waals surface area contributed by atoms with Crippen LogP contribution in [-0.4, -0.2) is 29.3 Å². The number of nitrogens with zero attached hydrogens (tertiary/aromatic N) is 2. The second-order valence-electron chi connectivity index (χ2n) is 3.85. The Morgan fingerprint density at radius 1 is 1.56 bits per heavy atom. The summed E-state index contributed by atoms with van der Waals surface area (Å²) in [5.41, 5.74) is 3.06. The van der Waals surface area contributed by atoms with Crippen LogP contribution in [0.15, 0.2) is 11.1 Å². The lowest BCUT2D eigenvalue weighted by Gasteiger charge is -2.06. The molecule has 0 aliphatic carbocycles. The first-order chi connectivity index (χ1) is 8.54. The molecule has 2 rings (SSSR count). The van der Waals surface area contributed by atoms with Gasteiger partial charge in [-0.1, -0.05) is 0 Å². The van der Waals surface area contributed by atoms with Crippen molar-refractivity contribution in [3.8, 4) is 0 Å². The molecule has 1 N–H and O–H groups in total. The van der Waals surface area contributed by atoms with Gasteiger partial charge in [-0.25, -0.2) is 9.66 Å². The average molecular weight is 267 g/mol. The highest BCUT2D eigenvalue weighted by atomic mass is 32.1. The summed E-state index contributed by atoms with van der Waals surface area (Å²) in [6.45, 7) is 3.71.